The van der Waals surface area contributed by atoms with Crippen LogP contribution in [0.3, 0.4) is 0 Å². The number of carbonyl (C=O) groups excluding carboxylic acids is 1. The van der Waals surface area contributed by atoms with E-state index in [0.717, 1.165) is 11.1 Å². The molecule has 0 unspecified atom stereocenters. The Hall–Kier alpha value is -2.68. The smallest absolute Gasteiger partial charge is 0.306 e. The number of esters is 1. The molecule has 0 aliphatic rings. The van der Waals surface area contributed by atoms with Gasteiger partial charge in [0.05, 0.1) is 19.8 Å². The third kappa shape index (κ3) is 6.66. The van der Waals surface area contributed by atoms with Gasteiger partial charge < -0.3 is 19.3 Å². The van der Waals surface area contributed by atoms with Crippen molar-refractivity contribution in [2.75, 3.05) is 33.5 Å². The summed E-state index contributed by atoms with van der Waals surface area (Å²) in [4.78, 5) is 13.6. The highest BCUT2D eigenvalue weighted by Gasteiger charge is 2.23. The molecule has 0 aliphatic heterocycles. The van der Waals surface area contributed by atoms with Crippen LogP contribution >= 0.6 is 11.6 Å². The summed E-state index contributed by atoms with van der Waals surface area (Å²) in [7, 11) is 1.60. The first-order chi connectivity index (χ1) is 15.7. The summed E-state index contributed by atoms with van der Waals surface area (Å²) in [6.45, 7) is 7.53. The molecular weight excluding hydrogens is 446 g/mol. The van der Waals surface area contributed by atoms with Crippen molar-refractivity contribution in [3.8, 4) is 11.4 Å². The molecule has 0 saturated heterocycles. The van der Waals surface area contributed by atoms with Gasteiger partial charge in [-0.15, -0.1) is 15.0 Å². The van der Waals surface area contributed by atoms with E-state index in [9.17, 15) is 9.90 Å². The number of phenols is 1. The molecule has 1 heterocycles. The summed E-state index contributed by atoms with van der Waals surface area (Å²) in [6.07, 6.45) is 0.655. The predicted molar refractivity (Wildman–Crippen MR) is 126 cm³/mol. The van der Waals surface area contributed by atoms with Gasteiger partial charge in [0.2, 0.25) is 0 Å². The first kappa shape index (κ1) is 25.0. The molecule has 0 fully saturated rings. The van der Waals surface area contributed by atoms with Crippen molar-refractivity contribution in [2.24, 2.45) is 0 Å². The zero-order valence-corrected chi connectivity index (χ0v) is 20.2. The number of methoxy groups -OCH3 is 1. The highest BCUT2D eigenvalue weighted by molar-refractivity contribution is 6.31. The fourth-order valence-electron chi connectivity index (χ4n) is 3.32. The van der Waals surface area contributed by atoms with Crippen LogP contribution in [0.25, 0.3) is 16.7 Å². The molecule has 0 aliphatic carbocycles. The van der Waals surface area contributed by atoms with Crippen molar-refractivity contribution >= 4 is 28.6 Å². The molecule has 0 radical (unpaired) electrons. The standard InChI is InChI=1S/C24H30ClN3O5/c1-24(2,3)18-13-16(5-8-22(29)33-12-11-32-10-9-31-4)14-21(23(18)30)28-26-19-7-6-17(25)15-20(19)27-28/h6-7,13-15,30H,5,8-12H2,1-4H3. The molecule has 3 aromatic rings. The maximum Gasteiger partial charge on any atom is 0.306 e. The normalized spacial score (nSPS) is 11.8. The Morgan fingerprint density at radius 1 is 1.06 bits per heavy atom. The summed E-state index contributed by atoms with van der Waals surface area (Å²) in [5, 5.41) is 20.6. The van der Waals surface area contributed by atoms with Crippen LogP contribution in [0.4, 0.5) is 0 Å². The number of aromatic nitrogens is 3. The number of hydrogen-bond donors (Lipinski definition) is 1. The van der Waals surface area contributed by atoms with Crippen LogP contribution in [0.15, 0.2) is 30.3 Å². The number of hydrogen-bond acceptors (Lipinski definition) is 7. The van der Waals surface area contributed by atoms with Crippen molar-refractivity contribution in [3.63, 3.8) is 0 Å². The van der Waals surface area contributed by atoms with E-state index >= 15 is 0 Å². The molecule has 0 amide bonds. The van der Waals surface area contributed by atoms with Gasteiger partial charge in [-0.2, -0.15) is 0 Å². The van der Waals surface area contributed by atoms with Crippen LogP contribution in [-0.4, -0.2) is 59.6 Å². The number of benzene rings is 2. The maximum absolute atomic E-state index is 12.2. The minimum absolute atomic E-state index is 0.105. The van der Waals surface area contributed by atoms with E-state index in [2.05, 4.69) is 10.2 Å². The number of nitrogens with zero attached hydrogens (tertiary/aromatic N) is 3. The second kappa shape index (κ2) is 11.0. The molecule has 0 atom stereocenters. The van der Waals surface area contributed by atoms with Crippen molar-refractivity contribution in [1.29, 1.82) is 0 Å². The minimum atomic E-state index is -0.329. The summed E-state index contributed by atoms with van der Waals surface area (Å²) >= 11 is 6.07. The third-order valence-electron chi connectivity index (χ3n) is 5.06. The largest absolute Gasteiger partial charge is 0.505 e. The Kier molecular flexibility index (Phi) is 8.29. The molecule has 0 saturated carbocycles. The molecule has 33 heavy (non-hydrogen) atoms. The number of aryl methyl sites for hydroxylation is 1. The summed E-state index contributed by atoms with van der Waals surface area (Å²) < 4.78 is 15.4. The molecule has 0 bridgehead atoms. The molecule has 178 valence electrons. The molecule has 8 nitrogen and oxygen atoms in total. The number of ether oxygens (including phenoxy) is 3. The number of phenolic OH excluding ortho intramolecular Hbond substituents is 1. The van der Waals surface area contributed by atoms with E-state index in [1.165, 1.54) is 4.80 Å². The Labute approximate surface area is 198 Å². The van der Waals surface area contributed by atoms with Gasteiger partial charge in [-0.3, -0.25) is 4.79 Å². The van der Waals surface area contributed by atoms with Gasteiger partial charge in [0.25, 0.3) is 0 Å². The fourth-order valence-corrected chi connectivity index (χ4v) is 3.48. The third-order valence-corrected chi connectivity index (χ3v) is 5.29. The topological polar surface area (TPSA) is 95.7 Å². The van der Waals surface area contributed by atoms with Gasteiger partial charge in [0, 0.05) is 24.1 Å². The SMILES string of the molecule is COCCOCCOC(=O)CCc1cc(-n2nc3ccc(Cl)cc3n2)c(O)c(C(C)(C)C)c1. The zero-order valence-electron chi connectivity index (χ0n) is 19.4. The van der Waals surface area contributed by atoms with E-state index < -0.39 is 0 Å². The number of aromatic hydroxyl groups is 1. The second-order valence-corrected chi connectivity index (χ2v) is 9.15. The summed E-state index contributed by atoms with van der Waals surface area (Å²) in [6, 6.07) is 8.96. The predicted octanol–water partition coefficient (Wildman–Crippen LogP) is 4.22. The quantitative estimate of drug-likeness (QED) is 0.346. The highest BCUT2D eigenvalue weighted by atomic mass is 35.5. The maximum atomic E-state index is 12.2. The van der Waals surface area contributed by atoms with Crippen LogP contribution in [0, 0.1) is 0 Å². The fraction of sp³-hybridized carbons (Fsp3) is 0.458. The second-order valence-electron chi connectivity index (χ2n) is 8.71. The summed E-state index contributed by atoms with van der Waals surface area (Å²) in [5.41, 5.74) is 3.03. The average Bonchev–Trinajstić information content (AvgIpc) is 3.17. The zero-order chi connectivity index (χ0) is 24.0. The van der Waals surface area contributed by atoms with Gasteiger partial charge in [0.1, 0.15) is 29.1 Å². The Morgan fingerprint density at radius 3 is 2.52 bits per heavy atom. The van der Waals surface area contributed by atoms with Crippen molar-refractivity contribution in [3.05, 3.63) is 46.5 Å². The number of carbonyl (C=O) groups is 1. The molecule has 1 N–H and O–H groups in total. The van der Waals surface area contributed by atoms with E-state index in [1.807, 2.05) is 26.8 Å². The monoisotopic (exact) mass is 475 g/mol. The van der Waals surface area contributed by atoms with Gasteiger partial charge in [-0.05, 0) is 41.7 Å². The van der Waals surface area contributed by atoms with Gasteiger partial charge >= 0.3 is 5.97 Å². The lowest BCUT2D eigenvalue weighted by molar-refractivity contribution is -0.145. The molecule has 1 aromatic heterocycles. The number of halogens is 1. The van der Waals surface area contributed by atoms with Crippen molar-refractivity contribution < 1.29 is 24.1 Å². The van der Waals surface area contributed by atoms with Crippen LogP contribution in [0.2, 0.25) is 5.02 Å². The molecular formula is C24H30ClN3O5. The van der Waals surface area contributed by atoms with E-state index in [-0.39, 0.29) is 30.2 Å². The Balaban J connectivity index is 1.77. The van der Waals surface area contributed by atoms with Gasteiger partial charge in [-0.1, -0.05) is 38.4 Å². The lowest BCUT2D eigenvalue weighted by Gasteiger charge is -2.23. The Morgan fingerprint density at radius 2 is 1.79 bits per heavy atom. The van der Waals surface area contributed by atoms with Gasteiger partial charge in [0.15, 0.2) is 0 Å². The van der Waals surface area contributed by atoms with Crippen LogP contribution in [0.5, 0.6) is 5.75 Å². The molecule has 2 aromatic carbocycles. The van der Waals surface area contributed by atoms with Crippen molar-refractivity contribution in [2.45, 2.75) is 39.0 Å². The average molecular weight is 476 g/mol. The summed E-state index contributed by atoms with van der Waals surface area (Å²) in [5.74, 6) is -0.205. The molecule has 0 spiro atoms. The lowest BCUT2D eigenvalue weighted by atomic mass is 9.84. The van der Waals surface area contributed by atoms with Crippen LogP contribution in [0.1, 0.15) is 38.3 Å². The highest BCUT2D eigenvalue weighted by Crippen LogP contribution is 2.36. The van der Waals surface area contributed by atoms with E-state index in [0.29, 0.717) is 48.0 Å². The Bertz CT molecular complexity index is 1110. The lowest BCUT2D eigenvalue weighted by Crippen LogP contribution is -2.15. The van der Waals surface area contributed by atoms with Gasteiger partial charge in [-0.25, -0.2) is 0 Å². The number of fused-ring (bicyclic) bond motifs is 1. The van der Waals surface area contributed by atoms with Crippen LogP contribution in [-0.2, 0) is 30.8 Å². The minimum Gasteiger partial charge on any atom is -0.505 e. The van der Waals surface area contributed by atoms with Crippen LogP contribution < -0.4 is 0 Å². The number of rotatable bonds is 10. The van der Waals surface area contributed by atoms with Crippen molar-refractivity contribution in [1.82, 2.24) is 15.0 Å². The molecule has 3 rings (SSSR count). The first-order valence-electron chi connectivity index (χ1n) is 10.8. The molecule has 9 heteroatoms. The van der Waals surface area contributed by atoms with E-state index in [1.54, 1.807) is 31.4 Å². The first-order valence-corrected chi connectivity index (χ1v) is 11.2. The van der Waals surface area contributed by atoms with E-state index in [4.69, 9.17) is 25.8 Å².